The fourth-order valence-corrected chi connectivity index (χ4v) is 3.32. The van der Waals surface area contributed by atoms with Gasteiger partial charge in [0.1, 0.15) is 5.82 Å². The van der Waals surface area contributed by atoms with Crippen molar-refractivity contribution in [2.45, 2.75) is 51.0 Å². The number of carbonyl (C=O) groups is 1. The van der Waals surface area contributed by atoms with Gasteiger partial charge in [0.25, 0.3) is 5.91 Å². The Morgan fingerprint density at radius 1 is 1.38 bits per heavy atom. The number of fused-ring (bicyclic) bond motifs is 1. The number of amides is 1. The van der Waals surface area contributed by atoms with Gasteiger partial charge in [-0.3, -0.25) is 4.79 Å². The second-order valence-corrected chi connectivity index (χ2v) is 6.07. The van der Waals surface area contributed by atoms with E-state index in [1.54, 1.807) is 0 Å². The molecule has 5 heteroatoms. The number of aromatic nitrogens is 1. The van der Waals surface area contributed by atoms with Gasteiger partial charge < -0.3 is 16.4 Å². The third-order valence-electron chi connectivity index (χ3n) is 4.51. The van der Waals surface area contributed by atoms with Gasteiger partial charge in [-0.2, -0.15) is 0 Å². The quantitative estimate of drug-likeness (QED) is 0.769. The molecule has 1 aliphatic heterocycles. The number of hydrogen-bond donors (Lipinski definition) is 3. The second-order valence-electron chi connectivity index (χ2n) is 6.07. The van der Waals surface area contributed by atoms with Crippen molar-refractivity contribution < 1.29 is 4.79 Å². The number of nitrogens with one attached hydrogen (secondary N) is 2. The first-order chi connectivity index (χ1) is 10.2. The van der Waals surface area contributed by atoms with E-state index in [2.05, 4.69) is 15.6 Å². The molecule has 5 nitrogen and oxygen atoms in total. The number of anilines is 1. The highest BCUT2D eigenvalue weighted by molar-refractivity contribution is 5.97. The van der Waals surface area contributed by atoms with Gasteiger partial charge in [-0.15, -0.1) is 0 Å². The Morgan fingerprint density at radius 2 is 2.24 bits per heavy atom. The van der Waals surface area contributed by atoms with Gasteiger partial charge in [-0.05, 0) is 63.1 Å². The lowest BCUT2D eigenvalue weighted by atomic mass is 9.94. The Bertz CT molecular complexity index is 523. The summed E-state index contributed by atoms with van der Waals surface area (Å²) >= 11 is 0. The molecular formula is C16H24N4O. The summed E-state index contributed by atoms with van der Waals surface area (Å²) in [6.45, 7) is 1.94. The van der Waals surface area contributed by atoms with Crippen LogP contribution < -0.4 is 16.4 Å². The number of aryl methyl sites for hydroxylation is 2. The lowest BCUT2D eigenvalue weighted by molar-refractivity contribution is 0.100. The number of hydrogen-bond acceptors (Lipinski definition) is 4. The molecule has 2 aliphatic rings. The van der Waals surface area contributed by atoms with Crippen LogP contribution in [0.4, 0.5) is 5.82 Å². The number of carbonyl (C=O) groups excluding carboxylic acids is 1. The SMILES string of the molecule is NC(=O)c1cc2c(nc1NCC[C@@H]1CCCN1)CCCC2. The molecule has 1 saturated heterocycles. The highest BCUT2D eigenvalue weighted by Crippen LogP contribution is 2.24. The van der Waals surface area contributed by atoms with Crippen LogP contribution in [0.15, 0.2) is 6.07 Å². The predicted octanol–water partition coefficient (Wildman–Crippen LogP) is 1.61. The topological polar surface area (TPSA) is 80.0 Å². The van der Waals surface area contributed by atoms with Crippen molar-refractivity contribution in [2.24, 2.45) is 5.73 Å². The molecule has 0 radical (unpaired) electrons. The molecule has 4 N–H and O–H groups in total. The summed E-state index contributed by atoms with van der Waals surface area (Å²) in [5, 5.41) is 6.80. The molecule has 1 atom stereocenters. The van der Waals surface area contributed by atoms with Crippen LogP contribution in [0.3, 0.4) is 0 Å². The van der Waals surface area contributed by atoms with Crippen molar-refractivity contribution in [3.63, 3.8) is 0 Å². The number of nitrogens with zero attached hydrogens (tertiary/aromatic N) is 1. The fourth-order valence-electron chi connectivity index (χ4n) is 3.32. The minimum absolute atomic E-state index is 0.391. The van der Waals surface area contributed by atoms with E-state index in [9.17, 15) is 4.79 Å². The molecule has 1 aliphatic carbocycles. The minimum atomic E-state index is -0.391. The predicted molar refractivity (Wildman–Crippen MR) is 83.5 cm³/mol. The van der Waals surface area contributed by atoms with E-state index in [1.807, 2.05) is 6.07 Å². The van der Waals surface area contributed by atoms with Crippen LogP contribution >= 0.6 is 0 Å². The number of pyridine rings is 1. The third kappa shape index (κ3) is 3.35. The molecule has 0 bridgehead atoms. The molecular weight excluding hydrogens is 264 g/mol. The summed E-state index contributed by atoms with van der Waals surface area (Å²) in [6.07, 6.45) is 7.92. The maximum Gasteiger partial charge on any atom is 0.252 e. The second kappa shape index (κ2) is 6.43. The summed E-state index contributed by atoms with van der Waals surface area (Å²) < 4.78 is 0. The van der Waals surface area contributed by atoms with Gasteiger partial charge in [0, 0.05) is 18.3 Å². The van der Waals surface area contributed by atoms with Crippen LogP contribution in [0.1, 0.15) is 53.7 Å². The zero-order valence-corrected chi connectivity index (χ0v) is 12.5. The molecule has 0 aromatic carbocycles. The summed E-state index contributed by atoms with van der Waals surface area (Å²) in [5.41, 5.74) is 8.37. The summed E-state index contributed by atoms with van der Waals surface area (Å²) in [5.74, 6) is 0.276. The van der Waals surface area contributed by atoms with Crippen molar-refractivity contribution in [1.82, 2.24) is 10.3 Å². The molecule has 2 heterocycles. The van der Waals surface area contributed by atoms with Crippen molar-refractivity contribution in [3.8, 4) is 0 Å². The highest BCUT2D eigenvalue weighted by Gasteiger charge is 2.18. The Balaban J connectivity index is 1.71. The van der Waals surface area contributed by atoms with E-state index in [-0.39, 0.29) is 0 Å². The average Bonchev–Trinajstić information content (AvgIpc) is 2.99. The van der Waals surface area contributed by atoms with Gasteiger partial charge in [0.15, 0.2) is 0 Å². The third-order valence-corrected chi connectivity index (χ3v) is 4.51. The Morgan fingerprint density at radius 3 is 3.00 bits per heavy atom. The average molecular weight is 288 g/mol. The molecule has 0 unspecified atom stereocenters. The van der Waals surface area contributed by atoms with E-state index in [1.165, 1.54) is 31.2 Å². The smallest absolute Gasteiger partial charge is 0.252 e. The van der Waals surface area contributed by atoms with Crippen LogP contribution in [0.5, 0.6) is 0 Å². The van der Waals surface area contributed by atoms with Crippen LogP contribution in [0, 0.1) is 0 Å². The Labute approximate surface area is 125 Å². The number of nitrogens with two attached hydrogens (primary N) is 1. The lowest BCUT2D eigenvalue weighted by Gasteiger charge is -2.19. The van der Waals surface area contributed by atoms with E-state index in [4.69, 9.17) is 5.73 Å². The highest BCUT2D eigenvalue weighted by atomic mass is 16.1. The Hall–Kier alpha value is -1.62. The first kappa shape index (κ1) is 14.3. The van der Waals surface area contributed by atoms with E-state index >= 15 is 0 Å². The monoisotopic (exact) mass is 288 g/mol. The molecule has 1 aromatic heterocycles. The molecule has 21 heavy (non-hydrogen) atoms. The van der Waals surface area contributed by atoms with Crippen molar-refractivity contribution in [2.75, 3.05) is 18.4 Å². The standard InChI is InChI=1S/C16H24N4O/c17-15(21)13-10-11-4-1-2-6-14(11)20-16(13)19-9-7-12-5-3-8-18-12/h10,12,18H,1-9H2,(H2,17,21)(H,19,20)/t12-/m0/s1. The fraction of sp³-hybridized carbons (Fsp3) is 0.625. The summed E-state index contributed by atoms with van der Waals surface area (Å²) in [6, 6.07) is 2.53. The maximum atomic E-state index is 11.7. The van der Waals surface area contributed by atoms with Crippen LogP contribution in [0.2, 0.25) is 0 Å². The van der Waals surface area contributed by atoms with Gasteiger partial charge in [-0.1, -0.05) is 0 Å². The Kier molecular flexibility index (Phi) is 4.39. The van der Waals surface area contributed by atoms with E-state index < -0.39 is 5.91 Å². The van der Waals surface area contributed by atoms with E-state index in [0.29, 0.717) is 17.4 Å². The zero-order valence-electron chi connectivity index (χ0n) is 12.5. The molecule has 0 spiro atoms. The molecule has 1 amide bonds. The molecule has 114 valence electrons. The first-order valence-electron chi connectivity index (χ1n) is 8.04. The van der Waals surface area contributed by atoms with Crippen LogP contribution in [0.25, 0.3) is 0 Å². The summed E-state index contributed by atoms with van der Waals surface area (Å²) in [7, 11) is 0. The molecule has 1 fully saturated rings. The largest absolute Gasteiger partial charge is 0.369 e. The minimum Gasteiger partial charge on any atom is -0.369 e. The first-order valence-corrected chi connectivity index (χ1v) is 8.04. The van der Waals surface area contributed by atoms with Crippen LogP contribution in [-0.4, -0.2) is 30.0 Å². The van der Waals surface area contributed by atoms with Crippen molar-refractivity contribution >= 4 is 11.7 Å². The van der Waals surface area contributed by atoms with Crippen molar-refractivity contribution in [1.29, 1.82) is 0 Å². The van der Waals surface area contributed by atoms with Gasteiger partial charge in [-0.25, -0.2) is 4.98 Å². The van der Waals surface area contributed by atoms with E-state index in [0.717, 1.165) is 38.0 Å². The van der Waals surface area contributed by atoms with Gasteiger partial charge in [0.2, 0.25) is 0 Å². The molecule has 1 aromatic rings. The normalized spacial score (nSPS) is 21.0. The molecule has 3 rings (SSSR count). The number of primary amides is 1. The summed E-state index contributed by atoms with van der Waals surface area (Å²) in [4.78, 5) is 16.3. The maximum absolute atomic E-state index is 11.7. The van der Waals surface area contributed by atoms with Crippen molar-refractivity contribution in [3.05, 3.63) is 22.9 Å². The molecule has 0 saturated carbocycles. The van der Waals surface area contributed by atoms with Gasteiger partial charge >= 0.3 is 0 Å². The lowest BCUT2D eigenvalue weighted by Crippen LogP contribution is -2.25. The van der Waals surface area contributed by atoms with Gasteiger partial charge in [0.05, 0.1) is 5.56 Å². The van der Waals surface area contributed by atoms with Crippen LogP contribution in [-0.2, 0) is 12.8 Å². The zero-order chi connectivity index (χ0) is 14.7. The number of rotatable bonds is 5.